The van der Waals surface area contributed by atoms with Crippen LogP contribution in [0.25, 0.3) is 0 Å². The number of nitrogens with one attached hydrogen (secondary N) is 1. The fraction of sp³-hybridized carbons (Fsp3) is 0.333. The normalized spacial score (nSPS) is 11.2. The first-order valence-corrected chi connectivity index (χ1v) is 7.38. The van der Waals surface area contributed by atoms with Crippen LogP contribution in [-0.4, -0.2) is 16.0 Å². The molecule has 4 nitrogen and oxygen atoms in total. The highest BCUT2D eigenvalue weighted by molar-refractivity contribution is 5.92. The van der Waals surface area contributed by atoms with Gasteiger partial charge in [0.25, 0.3) is 0 Å². The Morgan fingerprint density at radius 2 is 2.05 bits per heavy atom. The van der Waals surface area contributed by atoms with Gasteiger partial charge in [-0.05, 0) is 41.2 Å². The standard InChI is InChI=1S/C18H22N2O2/c1-18(2,3)14-7-8-16(21)15(11-14)20-17(22)9-6-13-5-4-10-19-12-13/h4-5,7-8,10-12,21H,6,9H2,1-3H3,(H,20,22). The number of hydrogen-bond acceptors (Lipinski definition) is 3. The lowest BCUT2D eigenvalue weighted by molar-refractivity contribution is -0.116. The summed E-state index contributed by atoms with van der Waals surface area (Å²) < 4.78 is 0. The molecule has 1 amide bonds. The number of rotatable bonds is 4. The van der Waals surface area contributed by atoms with E-state index in [1.54, 1.807) is 18.5 Å². The van der Waals surface area contributed by atoms with Gasteiger partial charge in [-0.15, -0.1) is 0 Å². The molecule has 2 aromatic rings. The van der Waals surface area contributed by atoms with Crippen LogP contribution in [0.2, 0.25) is 0 Å². The molecule has 2 N–H and O–H groups in total. The fourth-order valence-electron chi connectivity index (χ4n) is 2.12. The number of hydrogen-bond donors (Lipinski definition) is 2. The van der Waals surface area contributed by atoms with Crippen LogP contribution < -0.4 is 5.32 Å². The van der Waals surface area contributed by atoms with E-state index in [2.05, 4.69) is 31.1 Å². The van der Waals surface area contributed by atoms with Gasteiger partial charge in [-0.2, -0.15) is 0 Å². The number of aromatic nitrogens is 1. The average molecular weight is 298 g/mol. The first-order chi connectivity index (χ1) is 10.4. The Kier molecular flexibility index (Phi) is 4.81. The maximum Gasteiger partial charge on any atom is 0.224 e. The van der Waals surface area contributed by atoms with Crippen molar-refractivity contribution in [3.05, 3.63) is 53.9 Å². The van der Waals surface area contributed by atoms with Crippen LogP contribution in [0.1, 0.15) is 38.3 Å². The second-order valence-corrected chi connectivity index (χ2v) is 6.39. The number of aryl methyl sites for hydroxylation is 1. The van der Waals surface area contributed by atoms with E-state index in [4.69, 9.17) is 0 Å². The van der Waals surface area contributed by atoms with Crippen LogP contribution in [-0.2, 0) is 16.6 Å². The monoisotopic (exact) mass is 298 g/mol. The third-order valence-electron chi connectivity index (χ3n) is 3.50. The molecule has 0 atom stereocenters. The minimum atomic E-state index is -0.120. The summed E-state index contributed by atoms with van der Waals surface area (Å²) in [6.45, 7) is 6.27. The Bertz CT molecular complexity index is 646. The van der Waals surface area contributed by atoms with Gasteiger partial charge in [-0.1, -0.05) is 32.9 Å². The molecular formula is C18H22N2O2. The Hall–Kier alpha value is -2.36. The summed E-state index contributed by atoms with van der Waals surface area (Å²) in [5.41, 5.74) is 2.50. The zero-order chi connectivity index (χ0) is 16.2. The zero-order valence-corrected chi connectivity index (χ0v) is 13.3. The van der Waals surface area contributed by atoms with Crippen molar-refractivity contribution in [1.82, 2.24) is 4.98 Å². The van der Waals surface area contributed by atoms with E-state index < -0.39 is 0 Å². The molecule has 116 valence electrons. The maximum atomic E-state index is 12.1. The lowest BCUT2D eigenvalue weighted by atomic mass is 9.87. The van der Waals surface area contributed by atoms with Crippen molar-refractivity contribution in [2.45, 2.75) is 39.0 Å². The molecule has 2 rings (SSSR count). The van der Waals surface area contributed by atoms with Gasteiger partial charge in [-0.3, -0.25) is 9.78 Å². The van der Waals surface area contributed by atoms with Crippen molar-refractivity contribution in [3.63, 3.8) is 0 Å². The summed E-state index contributed by atoms with van der Waals surface area (Å²) in [5, 5.41) is 12.7. The molecule has 0 bridgehead atoms. The third kappa shape index (κ3) is 4.32. The van der Waals surface area contributed by atoms with Gasteiger partial charge in [0.1, 0.15) is 5.75 Å². The van der Waals surface area contributed by atoms with Crippen molar-refractivity contribution < 1.29 is 9.90 Å². The van der Waals surface area contributed by atoms with Gasteiger partial charge in [0.05, 0.1) is 5.69 Å². The second-order valence-electron chi connectivity index (χ2n) is 6.39. The van der Waals surface area contributed by atoms with E-state index in [9.17, 15) is 9.90 Å². The molecular weight excluding hydrogens is 276 g/mol. The van der Waals surface area contributed by atoms with E-state index in [-0.39, 0.29) is 17.1 Å². The number of anilines is 1. The van der Waals surface area contributed by atoms with Crippen LogP contribution in [0, 0.1) is 0 Å². The predicted molar refractivity (Wildman–Crippen MR) is 88.0 cm³/mol. The highest BCUT2D eigenvalue weighted by Gasteiger charge is 2.16. The number of carbonyl (C=O) groups excluding carboxylic acids is 1. The summed E-state index contributed by atoms with van der Waals surface area (Å²) in [6, 6.07) is 9.12. The van der Waals surface area contributed by atoms with Crippen molar-refractivity contribution in [1.29, 1.82) is 0 Å². The lowest BCUT2D eigenvalue weighted by Crippen LogP contribution is -2.15. The number of nitrogens with zero attached hydrogens (tertiary/aromatic N) is 1. The minimum absolute atomic E-state index is 0.0388. The van der Waals surface area contributed by atoms with Crippen LogP contribution in [0.15, 0.2) is 42.7 Å². The molecule has 1 heterocycles. The van der Waals surface area contributed by atoms with E-state index in [1.165, 1.54) is 0 Å². The van der Waals surface area contributed by atoms with E-state index >= 15 is 0 Å². The van der Waals surface area contributed by atoms with Crippen molar-refractivity contribution in [2.75, 3.05) is 5.32 Å². The van der Waals surface area contributed by atoms with E-state index in [0.717, 1.165) is 11.1 Å². The molecule has 1 aromatic heterocycles. The SMILES string of the molecule is CC(C)(C)c1ccc(O)c(NC(=O)CCc2cccnc2)c1. The molecule has 0 aliphatic rings. The lowest BCUT2D eigenvalue weighted by Gasteiger charge is -2.20. The molecule has 0 spiro atoms. The van der Waals surface area contributed by atoms with Gasteiger partial charge >= 0.3 is 0 Å². The number of phenols is 1. The molecule has 0 aliphatic heterocycles. The highest BCUT2D eigenvalue weighted by Crippen LogP contribution is 2.30. The van der Waals surface area contributed by atoms with Crippen molar-refractivity contribution in [3.8, 4) is 5.75 Å². The van der Waals surface area contributed by atoms with Gasteiger partial charge in [-0.25, -0.2) is 0 Å². The molecule has 22 heavy (non-hydrogen) atoms. The fourth-order valence-corrected chi connectivity index (χ4v) is 2.12. The van der Waals surface area contributed by atoms with Gasteiger partial charge in [0.2, 0.25) is 5.91 Å². The van der Waals surface area contributed by atoms with Crippen LogP contribution >= 0.6 is 0 Å². The minimum Gasteiger partial charge on any atom is -0.506 e. The Balaban J connectivity index is 2.02. The number of phenolic OH excluding ortho intramolecular Hbond substituents is 1. The number of pyridine rings is 1. The first-order valence-electron chi connectivity index (χ1n) is 7.38. The Labute approximate surface area is 131 Å². The van der Waals surface area contributed by atoms with E-state index in [0.29, 0.717) is 18.5 Å². The van der Waals surface area contributed by atoms with Crippen molar-refractivity contribution in [2.24, 2.45) is 0 Å². The molecule has 0 aliphatic carbocycles. The zero-order valence-electron chi connectivity index (χ0n) is 13.3. The van der Waals surface area contributed by atoms with Crippen LogP contribution in [0.3, 0.4) is 0 Å². The number of aromatic hydroxyl groups is 1. The number of amides is 1. The summed E-state index contributed by atoms with van der Waals surface area (Å²) in [4.78, 5) is 16.1. The largest absolute Gasteiger partial charge is 0.506 e. The number of benzene rings is 1. The van der Waals surface area contributed by atoms with Crippen molar-refractivity contribution >= 4 is 11.6 Å². The molecule has 0 unspecified atom stereocenters. The smallest absolute Gasteiger partial charge is 0.224 e. The maximum absolute atomic E-state index is 12.1. The average Bonchev–Trinajstić information content (AvgIpc) is 2.47. The topological polar surface area (TPSA) is 62.2 Å². The predicted octanol–water partition coefficient (Wildman–Crippen LogP) is 3.66. The summed E-state index contributed by atoms with van der Waals surface area (Å²) in [7, 11) is 0. The summed E-state index contributed by atoms with van der Waals surface area (Å²) >= 11 is 0. The van der Waals surface area contributed by atoms with Gasteiger partial charge in [0, 0.05) is 18.8 Å². The molecule has 0 radical (unpaired) electrons. The molecule has 0 fully saturated rings. The molecule has 1 aromatic carbocycles. The summed E-state index contributed by atoms with van der Waals surface area (Å²) in [5.74, 6) is -0.0343. The molecule has 0 saturated carbocycles. The Morgan fingerprint density at radius 3 is 2.68 bits per heavy atom. The van der Waals surface area contributed by atoms with E-state index in [1.807, 2.05) is 24.3 Å². The van der Waals surface area contributed by atoms with Gasteiger partial charge < -0.3 is 10.4 Å². The highest BCUT2D eigenvalue weighted by atomic mass is 16.3. The first kappa shape index (κ1) is 16.0. The van der Waals surface area contributed by atoms with Gasteiger partial charge in [0.15, 0.2) is 0 Å². The number of carbonyl (C=O) groups is 1. The Morgan fingerprint density at radius 1 is 1.27 bits per heavy atom. The van der Waals surface area contributed by atoms with Crippen LogP contribution in [0.5, 0.6) is 5.75 Å². The third-order valence-corrected chi connectivity index (χ3v) is 3.50. The molecule has 4 heteroatoms. The molecule has 0 saturated heterocycles. The second kappa shape index (κ2) is 6.60. The quantitative estimate of drug-likeness (QED) is 0.847. The van der Waals surface area contributed by atoms with Crippen LogP contribution in [0.4, 0.5) is 5.69 Å². The summed E-state index contributed by atoms with van der Waals surface area (Å²) in [6.07, 6.45) is 4.44.